The van der Waals surface area contributed by atoms with Gasteiger partial charge < -0.3 is 10.0 Å². The molecule has 0 aromatic heterocycles. The Balaban J connectivity index is 2.29. The molecule has 0 radical (unpaired) electrons. The summed E-state index contributed by atoms with van der Waals surface area (Å²) in [5, 5.41) is 24.9. The van der Waals surface area contributed by atoms with Crippen LogP contribution in [-0.4, -0.2) is 17.2 Å². The smallest absolute Gasteiger partial charge is 0.427 e. The van der Waals surface area contributed by atoms with E-state index in [1.807, 2.05) is 6.07 Å². The molecule has 0 spiro atoms. The minimum atomic E-state index is -1.28. The maximum absolute atomic E-state index is 8.40. The first-order valence-electron chi connectivity index (χ1n) is 2.51. The van der Waals surface area contributed by atoms with Crippen molar-refractivity contribution in [2.24, 2.45) is 5.92 Å². The summed E-state index contributed by atoms with van der Waals surface area (Å²) in [5.74, 6) is -0.269. The monoisotopic (exact) mass is 111 g/mol. The standard InChI is InChI=1S/C4H6BNO2/c6-2-3-1-4(3)5(7)8/h3-4,7-8H,1H2. The molecule has 0 aromatic rings. The molecule has 1 saturated carbocycles. The van der Waals surface area contributed by atoms with Crippen LogP contribution in [0.25, 0.3) is 0 Å². The highest BCUT2D eigenvalue weighted by Gasteiger charge is 2.45. The number of nitriles is 1. The summed E-state index contributed by atoms with van der Waals surface area (Å²) in [6.07, 6.45) is 0.647. The first kappa shape index (κ1) is 5.61. The van der Waals surface area contributed by atoms with Crippen LogP contribution in [-0.2, 0) is 0 Å². The lowest BCUT2D eigenvalue weighted by Crippen LogP contribution is -2.10. The van der Waals surface area contributed by atoms with Gasteiger partial charge in [0, 0.05) is 11.7 Å². The average molecular weight is 111 g/mol. The maximum atomic E-state index is 8.40. The van der Waals surface area contributed by atoms with E-state index >= 15 is 0 Å². The van der Waals surface area contributed by atoms with Gasteiger partial charge in [0.25, 0.3) is 0 Å². The lowest BCUT2D eigenvalue weighted by molar-refractivity contribution is 0.402. The van der Waals surface area contributed by atoms with Crippen molar-refractivity contribution in [3.05, 3.63) is 0 Å². The van der Waals surface area contributed by atoms with Crippen LogP contribution in [0.1, 0.15) is 6.42 Å². The quantitative estimate of drug-likeness (QED) is 0.443. The molecule has 0 aromatic carbocycles. The summed E-state index contributed by atoms with van der Waals surface area (Å²) >= 11 is 0. The number of hydrogen-bond acceptors (Lipinski definition) is 3. The number of nitrogens with zero attached hydrogens (tertiary/aromatic N) is 1. The van der Waals surface area contributed by atoms with Gasteiger partial charge >= 0.3 is 7.12 Å². The third-order valence-corrected chi connectivity index (χ3v) is 1.39. The van der Waals surface area contributed by atoms with Crippen LogP contribution in [0.15, 0.2) is 0 Å². The van der Waals surface area contributed by atoms with Crippen molar-refractivity contribution in [1.29, 1.82) is 5.26 Å². The Morgan fingerprint density at radius 3 is 2.38 bits per heavy atom. The molecule has 2 atom stereocenters. The molecule has 1 fully saturated rings. The van der Waals surface area contributed by atoms with E-state index in [-0.39, 0.29) is 11.7 Å². The third-order valence-electron chi connectivity index (χ3n) is 1.39. The average Bonchev–Trinajstić information content (AvgIpc) is 2.42. The zero-order chi connectivity index (χ0) is 6.15. The second-order valence-electron chi connectivity index (χ2n) is 2.05. The predicted octanol–water partition coefficient (Wildman–Crippen LogP) is -0.627. The van der Waals surface area contributed by atoms with Gasteiger partial charge in [0.1, 0.15) is 0 Å². The summed E-state index contributed by atoms with van der Waals surface area (Å²) in [5.41, 5.74) is 0. The van der Waals surface area contributed by atoms with Crippen molar-refractivity contribution >= 4 is 7.12 Å². The lowest BCUT2D eigenvalue weighted by atomic mass is 9.82. The molecule has 0 aliphatic heterocycles. The van der Waals surface area contributed by atoms with Gasteiger partial charge in [-0.3, -0.25) is 0 Å². The number of rotatable bonds is 1. The van der Waals surface area contributed by atoms with Crippen LogP contribution >= 0.6 is 0 Å². The van der Waals surface area contributed by atoms with Crippen molar-refractivity contribution in [3.63, 3.8) is 0 Å². The van der Waals surface area contributed by atoms with E-state index in [0.29, 0.717) is 6.42 Å². The van der Waals surface area contributed by atoms with Gasteiger partial charge in [-0.1, -0.05) is 0 Å². The van der Waals surface area contributed by atoms with Crippen molar-refractivity contribution < 1.29 is 10.0 Å². The Labute approximate surface area is 47.7 Å². The van der Waals surface area contributed by atoms with E-state index < -0.39 is 7.12 Å². The van der Waals surface area contributed by atoms with Gasteiger partial charge in [-0.15, -0.1) is 0 Å². The zero-order valence-electron chi connectivity index (χ0n) is 4.28. The minimum absolute atomic E-state index is 0.102. The van der Waals surface area contributed by atoms with Gasteiger partial charge in [-0.2, -0.15) is 5.26 Å². The number of hydrogen-bond donors (Lipinski definition) is 2. The van der Waals surface area contributed by atoms with E-state index in [4.69, 9.17) is 15.3 Å². The van der Waals surface area contributed by atoms with E-state index in [1.165, 1.54) is 0 Å². The Bertz CT molecular complexity index is 130. The fourth-order valence-electron chi connectivity index (χ4n) is 0.693. The van der Waals surface area contributed by atoms with E-state index in [1.54, 1.807) is 0 Å². The highest BCUT2D eigenvalue weighted by Crippen LogP contribution is 2.44. The molecule has 4 heteroatoms. The predicted molar refractivity (Wildman–Crippen MR) is 27.7 cm³/mol. The molecule has 0 saturated heterocycles. The molecule has 1 rings (SSSR count). The SMILES string of the molecule is N#CC1CC1B(O)O. The molecule has 1 aliphatic carbocycles. The summed E-state index contributed by atoms with van der Waals surface area (Å²) in [4.78, 5) is 0. The summed E-state index contributed by atoms with van der Waals surface area (Å²) in [6.45, 7) is 0. The molecule has 2 N–H and O–H groups in total. The summed E-state index contributed by atoms with van der Waals surface area (Å²) in [6, 6.07) is 1.95. The van der Waals surface area contributed by atoms with Crippen molar-refractivity contribution in [1.82, 2.24) is 0 Å². The van der Waals surface area contributed by atoms with E-state index in [9.17, 15) is 0 Å². The van der Waals surface area contributed by atoms with Crippen LogP contribution in [0.3, 0.4) is 0 Å². The van der Waals surface area contributed by atoms with Crippen LogP contribution in [0.2, 0.25) is 5.82 Å². The summed E-state index contributed by atoms with van der Waals surface area (Å²) in [7, 11) is -1.28. The first-order valence-corrected chi connectivity index (χ1v) is 2.51. The molecule has 1 aliphatic rings. The fourth-order valence-corrected chi connectivity index (χ4v) is 0.693. The molecular weight excluding hydrogens is 105 g/mol. The molecule has 0 amide bonds. The Hall–Kier alpha value is -0.525. The van der Waals surface area contributed by atoms with Gasteiger partial charge in [-0.05, 0) is 6.42 Å². The normalized spacial score (nSPS) is 33.6. The molecule has 0 bridgehead atoms. The van der Waals surface area contributed by atoms with E-state index in [2.05, 4.69) is 0 Å². The second kappa shape index (κ2) is 1.77. The fraction of sp³-hybridized carbons (Fsp3) is 0.750. The maximum Gasteiger partial charge on any atom is 0.456 e. The molecule has 2 unspecified atom stereocenters. The lowest BCUT2D eigenvalue weighted by Gasteiger charge is -1.87. The molecule has 42 valence electrons. The van der Waals surface area contributed by atoms with Crippen molar-refractivity contribution in [2.75, 3.05) is 0 Å². The minimum Gasteiger partial charge on any atom is -0.427 e. The zero-order valence-corrected chi connectivity index (χ0v) is 4.28. The summed E-state index contributed by atoms with van der Waals surface area (Å²) < 4.78 is 0. The molecule has 0 heterocycles. The van der Waals surface area contributed by atoms with Gasteiger partial charge in [0.2, 0.25) is 0 Å². The Morgan fingerprint density at radius 1 is 1.62 bits per heavy atom. The van der Waals surface area contributed by atoms with Crippen LogP contribution in [0, 0.1) is 17.2 Å². The Kier molecular flexibility index (Phi) is 1.24. The van der Waals surface area contributed by atoms with Gasteiger partial charge in [-0.25, -0.2) is 0 Å². The Morgan fingerprint density at radius 2 is 2.25 bits per heavy atom. The largest absolute Gasteiger partial charge is 0.456 e. The van der Waals surface area contributed by atoms with E-state index in [0.717, 1.165) is 0 Å². The van der Waals surface area contributed by atoms with Gasteiger partial charge in [0.15, 0.2) is 0 Å². The van der Waals surface area contributed by atoms with Crippen molar-refractivity contribution in [2.45, 2.75) is 12.2 Å². The molecule has 8 heavy (non-hydrogen) atoms. The van der Waals surface area contributed by atoms with Crippen molar-refractivity contribution in [3.8, 4) is 6.07 Å². The second-order valence-corrected chi connectivity index (χ2v) is 2.05. The molecular formula is C4H6BNO2. The van der Waals surface area contributed by atoms with Gasteiger partial charge in [0.05, 0.1) is 6.07 Å². The van der Waals surface area contributed by atoms with Crippen LogP contribution in [0.5, 0.6) is 0 Å². The van der Waals surface area contributed by atoms with Crippen LogP contribution in [0.4, 0.5) is 0 Å². The first-order chi connectivity index (χ1) is 3.75. The van der Waals surface area contributed by atoms with Crippen LogP contribution < -0.4 is 0 Å². The topological polar surface area (TPSA) is 64.2 Å². The highest BCUT2D eigenvalue weighted by molar-refractivity contribution is 6.44. The third kappa shape index (κ3) is 0.833. The molecule has 3 nitrogen and oxygen atoms in total. The highest BCUT2D eigenvalue weighted by atomic mass is 16.4.